The maximum Gasteiger partial charge on any atom is 0.262 e. The van der Waals surface area contributed by atoms with Crippen LogP contribution in [0.2, 0.25) is 5.02 Å². The van der Waals surface area contributed by atoms with E-state index in [0.717, 1.165) is 0 Å². The number of nitriles is 1. The first-order valence-corrected chi connectivity index (χ1v) is 7.58. The van der Waals surface area contributed by atoms with E-state index in [0.29, 0.717) is 34.2 Å². The van der Waals surface area contributed by atoms with Gasteiger partial charge in [0.25, 0.3) is 5.56 Å². The summed E-state index contributed by atoms with van der Waals surface area (Å²) in [6, 6.07) is 7.11. The molecule has 2 rings (SSSR count). The van der Waals surface area contributed by atoms with Crippen LogP contribution in [0.5, 0.6) is 0 Å². The van der Waals surface area contributed by atoms with E-state index < -0.39 is 0 Å². The molecule has 0 aliphatic heterocycles. The van der Waals surface area contributed by atoms with E-state index in [1.54, 1.807) is 32.2 Å². The highest BCUT2D eigenvalue weighted by Gasteiger charge is 2.14. The van der Waals surface area contributed by atoms with Gasteiger partial charge < -0.3 is 4.74 Å². The van der Waals surface area contributed by atoms with Crippen molar-refractivity contribution in [1.29, 1.82) is 5.26 Å². The van der Waals surface area contributed by atoms with E-state index in [1.807, 2.05) is 0 Å². The van der Waals surface area contributed by atoms with Crippen molar-refractivity contribution in [3.8, 4) is 6.07 Å². The number of halogens is 1. The molecule has 21 heavy (non-hydrogen) atoms. The molecule has 1 aromatic heterocycles. The first kappa shape index (κ1) is 15.8. The van der Waals surface area contributed by atoms with Crippen LogP contribution in [0.1, 0.15) is 6.92 Å². The molecule has 5 nitrogen and oxygen atoms in total. The molecule has 0 saturated heterocycles. The van der Waals surface area contributed by atoms with E-state index in [4.69, 9.17) is 21.6 Å². The Hall–Kier alpha value is -1.55. The van der Waals surface area contributed by atoms with Gasteiger partial charge in [0.15, 0.2) is 5.16 Å². The summed E-state index contributed by atoms with van der Waals surface area (Å²) in [5.41, 5.74) is 0.384. The number of ether oxygens (including phenoxy) is 1. The van der Waals surface area contributed by atoms with E-state index in [-0.39, 0.29) is 10.8 Å². The number of fused-ring (bicyclic) bond motifs is 1. The Balaban J connectivity index is 2.61. The molecule has 0 spiro atoms. The molecule has 1 atom stereocenters. The number of hydrogen-bond acceptors (Lipinski definition) is 5. The van der Waals surface area contributed by atoms with Crippen LogP contribution >= 0.6 is 23.4 Å². The zero-order chi connectivity index (χ0) is 15.4. The largest absolute Gasteiger partial charge is 0.383 e. The average molecular weight is 324 g/mol. The van der Waals surface area contributed by atoms with Crippen molar-refractivity contribution in [2.24, 2.45) is 0 Å². The van der Waals surface area contributed by atoms with Crippen molar-refractivity contribution in [3.63, 3.8) is 0 Å². The molecule has 110 valence electrons. The first-order chi connectivity index (χ1) is 10.1. The van der Waals surface area contributed by atoms with Crippen molar-refractivity contribution in [3.05, 3.63) is 33.6 Å². The summed E-state index contributed by atoms with van der Waals surface area (Å²) in [7, 11) is 1.57. The molecule has 0 fully saturated rings. The zero-order valence-electron chi connectivity index (χ0n) is 11.7. The van der Waals surface area contributed by atoms with E-state index in [1.165, 1.54) is 16.3 Å². The Kier molecular flexibility index (Phi) is 5.23. The molecule has 0 amide bonds. The van der Waals surface area contributed by atoms with Crippen LogP contribution in [0.25, 0.3) is 10.9 Å². The Bertz CT molecular complexity index is 754. The van der Waals surface area contributed by atoms with Crippen molar-refractivity contribution < 1.29 is 4.74 Å². The van der Waals surface area contributed by atoms with Gasteiger partial charge in [0.1, 0.15) is 0 Å². The standard InChI is InChI=1S/C14H14ClN3O2S/c1-9(8-16)21-14-17-12-7-10(15)3-4-11(12)13(19)18(14)5-6-20-2/h3-4,7,9H,5-6H2,1-2H3/t9-/m1/s1. The second-order valence-electron chi connectivity index (χ2n) is 4.39. The summed E-state index contributed by atoms with van der Waals surface area (Å²) >= 11 is 7.20. The molecule has 7 heteroatoms. The van der Waals surface area contributed by atoms with Gasteiger partial charge >= 0.3 is 0 Å². The second kappa shape index (κ2) is 6.94. The molecular weight excluding hydrogens is 310 g/mol. The van der Waals surface area contributed by atoms with Gasteiger partial charge in [-0.2, -0.15) is 5.26 Å². The van der Waals surface area contributed by atoms with E-state index >= 15 is 0 Å². The van der Waals surface area contributed by atoms with Crippen LogP contribution in [-0.4, -0.2) is 28.5 Å². The fraction of sp³-hybridized carbons (Fsp3) is 0.357. The molecule has 0 radical (unpaired) electrons. The molecule has 2 aromatic rings. The van der Waals surface area contributed by atoms with Gasteiger partial charge in [-0.25, -0.2) is 4.98 Å². The Morgan fingerprint density at radius 1 is 1.57 bits per heavy atom. The lowest BCUT2D eigenvalue weighted by Gasteiger charge is -2.13. The number of benzene rings is 1. The highest BCUT2D eigenvalue weighted by Crippen LogP contribution is 2.23. The Labute approximate surface area is 131 Å². The number of methoxy groups -OCH3 is 1. The number of rotatable bonds is 5. The van der Waals surface area contributed by atoms with Gasteiger partial charge in [-0.05, 0) is 25.1 Å². The van der Waals surface area contributed by atoms with Crippen LogP contribution in [0.4, 0.5) is 0 Å². The minimum atomic E-state index is -0.303. The van der Waals surface area contributed by atoms with Crippen molar-refractivity contribution in [2.75, 3.05) is 13.7 Å². The SMILES string of the molecule is COCCn1c(S[C@H](C)C#N)nc2cc(Cl)ccc2c1=O. The third kappa shape index (κ3) is 3.56. The van der Waals surface area contributed by atoms with Gasteiger partial charge in [0.2, 0.25) is 0 Å². The third-order valence-electron chi connectivity index (χ3n) is 2.87. The fourth-order valence-electron chi connectivity index (χ4n) is 1.83. The average Bonchev–Trinajstić information content (AvgIpc) is 2.46. The summed E-state index contributed by atoms with van der Waals surface area (Å²) in [4.78, 5) is 17.0. The highest BCUT2D eigenvalue weighted by molar-refractivity contribution is 8.00. The smallest absolute Gasteiger partial charge is 0.262 e. The predicted octanol–water partition coefficient (Wildman–Crippen LogP) is 2.70. The minimum Gasteiger partial charge on any atom is -0.383 e. The summed E-state index contributed by atoms with van der Waals surface area (Å²) in [6.07, 6.45) is 0. The second-order valence-corrected chi connectivity index (χ2v) is 6.14. The number of thioether (sulfide) groups is 1. The van der Waals surface area contributed by atoms with E-state index in [9.17, 15) is 4.79 Å². The number of hydrogen-bond donors (Lipinski definition) is 0. The summed E-state index contributed by atoms with van der Waals surface area (Å²) in [6.45, 7) is 2.55. The van der Waals surface area contributed by atoms with Gasteiger partial charge in [-0.1, -0.05) is 23.4 Å². The molecule has 0 aliphatic carbocycles. The van der Waals surface area contributed by atoms with Gasteiger partial charge in [-0.15, -0.1) is 0 Å². The minimum absolute atomic E-state index is 0.152. The molecule has 0 unspecified atom stereocenters. The van der Waals surface area contributed by atoms with Crippen molar-refractivity contribution in [2.45, 2.75) is 23.9 Å². The van der Waals surface area contributed by atoms with Crippen LogP contribution in [-0.2, 0) is 11.3 Å². The third-order valence-corrected chi connectivity index (χ3v) is 4.08. The lowest BCUT2D eigenvalue weighted by Crippen LogP contribution is -2.25. The summed E-state index contributed by atoms with van der Waals surface area (Å²) < 4.78 is 6.58. The van der Waals surface area contributed by atoms with Crippen molar-refractivity contribution in [1.82, 2.24) is 9.55 Å². The van der Waals surface area contributed by atoms with Gasteiger partial charge in [0.05, 0.1) is 35.4 Å². The van der Waals surface area contributed by atoms with Crippen LogP contribution in [0.3, 0.4) is 0 Å². The summed E-state index contributed by atoms with van der Waals surface area (Å²) in [5.74, 6) is 0. The van der Waals surface area contributed by atoms with Crippen molar-refractivity contribution >= 4 is 34.3 Å². The number of aromatic nitrogens is 2. The molecule has 0 saturated carbocycles. The molecule has 0 aliphatic rings. The van der Waals surface area contributed by atoms with Crippen LogP contribution in [0, 0.1) is 11.3 Å². The zero-order valence-corrected chi connectivity index (χ0v) is 13.2. The normalized spacial score (nSPS) is 12.3. The highest BCUT2D eigenvalue weighted by atomic mass is 35.5. The fourth-order valence-corrected chi connectivity index (χ4v) is 2.82. The van der Waals surface area contributed by atoms with Gasteiger partial charge in [-0.3, -0.25) is 9.36 Å². The maximum atomic E-state index is 12.6. The van der Waals surface area contributed by atoms with E-state index in [2.05, 4.69) is 11.1 Å². The number of nitrogens with zero attached hydrogens (tertiary/aromatic N) is 3. The Morgan fingerprint density at radius 3 is 3.00 bits per heavy atom. The molecular formula is C14H14ClN3O2S. The lowest BCUT2D eigenvalue weighted by atomic mass is 10.2. The topological polar surface area (TPSA) is 67.9 Å². The quantitative estimate of drug-likeness (QED) is 0.625. The van der Waals surface area contributed by atoms with Gasteiger partial charge in [0, 0.05) is 12.1 Å². The monoisotopic (exact) mass is 323 g/mol. The Morgan fingerprint density at radius 2 is 2.33 bits per heavy atom. The lowest BCUT2D eigenvalue weighted by molar-refractivity contribution is 0.183. The van der Waals surface area contributed by atoms with Crippen LogP contribution < -0.4 is 5.56 Å². The molecule has 1 aromatic carbocycles. The predicted molar refractivity (Wildman–Crippen MR) is 83.8 cm³/mol. The molecule has 1 heterocycles. The maximum absolute atomic E-state index is 12.6. The molecule has 0 N–H and O–H groups in total. The van der Waals surface area contributed by atoms with Crippen LogP contribution in [0.15, 0.2) is 28.2 Å². The molecule has 0 bridgehead atoms. The first-order valence-electron chi connectivity index (χ1n) is 6.32. The summed E-state index contributed by atoms with van der Waals surface area (Å²) in [5, 5.41) is 10.2.